The van der Waals surface area contributed by atoms with Gasteiger partial charge in [0.15, 0.2) is 5.96 Å². The van der Waals surface area contributed by atoms with Crippen LogP contribution >= 0.6 is 0 Å². The fraction of sp³-hybridized carbons (Fsp3) is 0.824. The molecular weight excluding hydrogens is 318 g/mol. The lowest BCUT2D eigenvalue weighted by atomic mass is 10.1. The standard InChI is InChI=1S/C17H33N7O/c1-5-18-17(19-12-16-20-13-21-23(16)4)22-15-6-8-24(9-7-15)10-11-25-14(2)3/h13-15H,5-12H2,1-4H3,(H2,18,19,22). The molecule has 0 atom stereocenters. The van der Waals surface area contributed by atoms with E-state index in [0.717, 1.165) is 57.4 Å². The Morgan fingerprint density at radius 3 is 2.76 bits per heavy atom. The first-order valence-corrected chi connectivity index (χ1v) is 9.30. The number of likely N-dealkylation sites (tertiary alicyclic amines) is 1. The van der Waals surface area contributed by atoms with E-state index in [1.54, 1.807) is 11.0 Å². The van der Waals surface area contributed by atoms with Gasteiger partial charge >= 0.3 is 0 Å². The minimum atomic E-state index is 0.312. The van der Waals surface area contributed by atoms with Gasteiger partial charge in [-0.15, -0.1) is 0 Å². The van der Waals surface area contributed by atoms with Crippen molar-refractivity contribution < 1.29 is 4.74 Å². The Kier molecular flexibility index (Phi) is 8.14. The first-order chi connectivity index (χ1) is 12.1. The third-order valence-corrected chi connectivity index (χ3v) is 4.32. The highest BCUT2D eigenvalue weighted by atomic mass is 16.5. The molecule has 0 radical (unpaired) electrons. The molecule has 0 aliphatic carbocycles. The van der Waals surface area contributed by atoms with Gasteiger partial charge in [0.25, 0.3) is 0 Å². The molecule has 1 saturated heterocycles. The number of nitrogens with one attached hydrogen (secondary N) is 2. The van der Waals surface area contributed by atoms with E-state index in [9.17, 15) is 0 Å². The summed E-state index contributed by atoms with van der Waals surface area (Å²) in [5.74, 6) is 1.71. The molecule has 1 fully saturated rings. The summed E-state index contributed by atoms with van der Waals surface area (Å²) in [4.78, 5) is 11.3. The van der Waals surface area contributed by atoms with E-state index in [2.05, 4.69) is 51.4 Å². The number of aromatic nitrogens is 3. The maximum absolute atomic E-state index is 5.65. The lowest BCUT2D eigenvalue weighted by Gasteiger charge is -2.33. The number of ether oxygens (including phenoxy) is 1. The molecule has 0 aromatic carbocycles. The van der Waals surface area contributed by atoms with Crippen molar-refractivity contribution in [1.82, 2.24) is 30.3 Å². The molecule has 8 heteroatoms. The minimum absolute atomic E-state index is 0.312. The first-order valence-electron chi connectivity index (χ1n) is 9.30. The van der Waals surface area contributed by atoms with Crippen LogP contribution < -0.4 is 10.6 Å². The van der Waals surface area contributed by atoms with E-state index in [4.69, 9.17) is 4.74 Å². The maximum Gasteiger partial charge on any atom is 0.191 e. The lowest BCUT2D eigenvalue weighted by Crippen LogP contribution is -2.49. The van der Waals surface area contributed by atoms with Crippen LogP contribution in [0.1, 0.15) is 39.4 Å². The largest absolute Gasteiger partial charge is 0.377 e. The van der Waals surface area contributed by atoms with Gasteiger partial charge in [0.1, 0.15) is 18.7 Å². The molecule has 0 bridgehead atoms. The van der Waals surface area contributed by atoms with Gasteiger partial charge in [0.05, 0.1) is 12.7 Å². The van der Waals surface area contributed by atoms with Crippen LogP contribution in [0.2, 0.25) is 0 Å². The third kappa shape index (κ3) is 6.99. The number of aliphatic imine (C=N–C) groups is 1. The molecule has 0 unspecified atom stereocenters. The summed E-state index contributed by atoms with van der Waals surface area (Å²) >= 11 is 0. The van der Waals surface area contributed by atoms with Gasteiger partial charge in [0, 0.05) is 39.3 Å². The normalized spacial score (nSPS) is 17.2. The van der Waals surface area contributed by atoms with Crippen molar-refractivity contribution in [2.45, 2.75) is 52.3 Å². The third-order valence-electron chi connectivity index (χ3n) is 4.32. The molecule has 1 aromatic rings. The fourth-order valence-electron chi connectivity index (χ4n) is 2.84. The number of guanidine groups is 1. The predicted molar refractivity (Wildman–Crippen MR) is 99.5 cm³/mol. The molecule has 1 aromatic heterocycles. The van der Waals surface area contributed by atoms with Crippen LogP contribution in [-0.4, -0.2) is 70.6 Å². The second kappa shape index (κ2) is 10.4. The second-order valence-electron chi connectivity index (χ2n) is 6.67. The summed E-state index contributed by atoms with van der Waals surface area (Å²) < 4.78 is 7.40. The Balaban J connectivity index is 1.76. The molecule has 25 heavy (non-hydrogen) atoms. The monoisotopic (exact) mass is 351 g/mol. The van der Waals surface area contributed by atoms with Crippen molar-refractivity contribution in [3.63, 3.8) is 0 Å². The molecule has 1 aliphatic rings. The van der Waals surface area contributed by atoms with E-state index < -0.39 is 0 Å². The highest BCUT2D eigenvalue weighted by Crippen LogP contribution is 2.10. The lowest BCUT2D eigenvalue weighted by molar-refractivity contribution is 0.0532. The molecule has 1 aliphatic heterocycles. The molecular formula is C17H33N7O. The molecule has 8 nitrogen and oxygen atoms in total. The zero-order chi connectivity index (χ0) is 18.1. The summed E-state index contributed by atoms with van der Waals surface area (Å²) in [6.07, 6.45) is 4.11. The van der Waals surface area contributed by atoms with Gasteiger partial charge in [-0.25, -0.2) is 9.98 Å². The number of aryl methyl sites for hydroxylation is 1. The van der Waals surface area contributed by atoms with Crippen LogP contribution in [0.3, 0.4) is 0 Å². The summed E-state index contributed by atoms with van der Waals surface area (Å²) in [7, 11) is 1.89. The SMILES string of the molecule is CCNC(=NCc1ncnn1C)NC1CCN(CCOC(C)C)CC1. The van der Waals surface area contributed by atoms with Gasteiger partial charge in [-0.2, -0.15) is 5.10 Å². The van der Waals surface area contributed by atoms with Gasteiger partial charge in [-0.3, -0.25) is 4.68 Å². The van der Waals surface area contributed by atoms with Crippen LogP contribution in [0.25, 0.3) is 0 Å². The van der Waals surface area contributed by atoms with Crippen LogP contribution in [0, 0.1) is 0 Å². The number of rotatable bonds is 8. The minimum Gasteiger partial charge on any atom is -0.377 e. The number of nitrogens with zero attached hydrogens (tertiary/aromatic N) is 5. The van der Waals surface area contributed by atoms with E-state index in [1.165, 1.54) is 0 Å². The second-order valence-corrected chi connectivity index (χ2v) is 6.67. The van der Waals surface area contributed by atoms with Crippen molar-refractivity contribution in [1.29, 1.82) is 0 Å². The Morgan fingerprint density at radius 2 is 2.16 bits per heavy atom. The molecule has 0 amide bonds. The number of piperidine rings is 1. The molecule has 0 saturated carbocycles. The van der Waals surface area contributed by atoms with Crippen molar-refractivity contribution in [3.8, 4) is 0 Å². The van der Waals surface area contributed by atoms with Crippen molar-refractivity contribution in [3.05, 3.63) is 12.2 Å². The number of hydrogen-bond acceptors (Lipinski definition) is 5. The average molecular weight is 351 g/mol. The molecule has 2 N–H and O–H groups in total. The van der Waals surface area contributed by atoms with Crippen molar-refractivity contribution in [2.75, 3.05) is 32.8 Å². The Hall–Kier alpha value is -1.67. The van der Waals surface area contributed by atoms with Gasteiger partial charge in [-0.1, -0.05) is 0 Å². The van der Waals surface area contributed by atoms with Gasteiger partial charge in [0.2, 0.25) is 0 Å². The van der Waals surface area contributed by atoms with Crippen LogP contribution in [0.5, 0.6) is 0 Å². The Morgan fingerprint density at radius 1 is 1.40 bits per heavy atom. The Bertz CT molecular complexity index is 521. The van der Waals surface area contributed by atoms with Crippen LogP contribution in [0.4, 0.5) is 0 Å². The highest BCUT2D eigenvalue weighted by Gasteiger charge is 2.19. The van der Waals surface area contributed by atoms with Crippen LogP contribution in [0.15, 0.2) is 11.3 Å². The Labute approximate surface area is 151 Å². The highest BCUT2D eigenvalue weighted by molar-refractivity contribution is 5.80. The summed E-state index contributed by atoms with van der Waals surface area (Å²) in [5, 5.41) is 11.0. The van der Waals surface area contributed by atoms with Crippen molar-refractivity contribution >= 4 is 5.96 Å². The summed E-state index contributed by atoms with van der Waals surface area (Å²) in [6, 6.07) is 0.458. The van der Waals surface area contributed by atoms with Crippen molar-refractivity contribution in [2.24, 2.45) is 12.0 Å². The van der Waals surface area contributed by atoms with Gasteiger partial charge < -0.3 is 20.3 Å². The van der Waals surface area contributed by atoms with E-state index in [-0.39, 0.29) is 0 Å². The molecule has 2 rings (SSSR count). The van der Waals surface area contributed by atoms with Gasteiger partial charge in [-0.05, 0) is 33.6 Å². The molecule has 2 heterocycles. The maximum atomic E-state index is 5.65. The first kappa shape index (κ1) is 19.7. The smallest absolute Gasteiger partial charge is 0.191 e. The zero-order valence-corrected chi connectivity index (χ0v) is 16.0. The fourth-order valence-corrected chi connectivity index (χ4v) is 2.84. The van der Waals surface area contributed by atoms with E-state index in [1.807, 2.05) is 7.05 Å². The summed E-state index contributed by atoms with van der Waals surface area (Å²) in [5.41, 5.74) is 0. The van der Waals surface area contributed by atoms with E-state index >= 15 is 0 Å². The molecule has 0 spiro atoms. The number of hydrogen-bond donors (Lipinski definition) is 2. The quantitative estimate of drug-likeness (QED) is 0.532. The predicted octanol–water partition coefficient (Wildman–Crippen LogP) is 0.760. The van der Waals surface area contributed by atoms with E-state index in [0.29, 0.717) is 18.7 Å². The van der Waals surface area contributed by atoms with Crippen LogP contribution in [-0.2, 0) is 18.3 Å². The average Bonchev–Trinajstić information content (AvgIpc) is 2.99. The summed E-state index contributed by atoms with van der Waals surface area (Å²) in [6.45, 7) is 11.6. The zero-order valence-electron chi connectivity index (χ0n) is 16.0. The molecule has 142 valence electrons. The topological polar surface area (TPSA) is 79.6 Å².